The Bertz CT molecular complexity index is 310. The van der Waals surface area contributed by atoms with Crippen LogP contribution in [0.3, 0.4) is 0 Å². The number of methoxy groups -OCH3 is 2. The first-order valence-electron chi connectivity index (χ1n) is 8.45. The molecule has 0 saturated heterocycles. The van der Waals surface area contributed by atoms with Crippen LogP contribution >= 0.6 is 0 Å². The van der Waals surface area contributed by atoms with E-state index in [1.807, 2.05) is 41.5 Å². The van der Waals surface area contributed by atoms with Crippen LogP contribution in [0.5, 0.6) is 0 Å². The van der Waals surface area contributed by atoms with Gasteiger partial charge in [-0.3, -0.25) is 0 Å². The van der Waals surface area contributed by atoms with Crippen LogP contribution in [0, 0.1) is 0 Å². The molecule has 0 saturated carbocycles. The Morgan fingerprint density at radius 1 is 0.773 bits per heavy atom. The van der Waals surface area contributed by atoms with Gasteiger partial charge in [0.2, 0.25) is 0 Å². The van der Waals surface area contributed by atoms with Crippen molar-refractivity contribution in [3.05, 3.63) is 35.9 Å². The molecule has 0 unspecified atom stereocenters. The Kier molecular flexibility index (Phi) is 17.8. The SMILES string of the molecule is CC.CC.CCC(C)(C)c1ccccc1.COC(C)(C)OC. The standard InChI is InChI=1S/C11H16.C5H12O2.2C2H6/c1-4-11(2,3)10-8-6-5-7-9-10;1-5(2,6-3)7-4;2*1-2/h5-9H,4H2,1-3H3;1-4H3;2*1-2H3. The Morgan fingerprint density at radius 2 is 1.14 bits per heavy atom. The van der Waals surface area contributed by atoms with Crippen LogP contribution < -0.4 is 0 Å². The zero-order valence-corrected chi connectivity index (χ0v) is 16.9. The summed E-state index contributed by atoms with van der Waals surface area (Å²) < 4.78 is 9.73. The highest BCUT2D eigenvalue weighted by atomic mass is 16.7. The van der Waals surface area contributed by atoms with Gasteiger partial charge in [0.1, 0.15) is 0 Å². The van der Waals surface area contributed by atoms with Crippen molar-refractivity contribution in [3.63, 3.8) is 0 Å². The summed E-state index contributed by atoms with van der Waals surface area (Å²) in [5, 5.41) is 0. The summed E-state index contributed by atoms with van der Waals surface area (Å²) in [6.07, 6.45) is 1.19. The van der Waals surface area contributed by atoms with Crippen LogP contribution in [0.15, 0.2) is 30.3 Å². The lowest BCUT2D eigenvalue weighted by molar-refractivity contribution is -0.178. The highest BCUT2D eigenvalue weighted by molar-refractivity contribution is 5.22. The van der Waals surface area contributed by atoms with Gasteiger partial charge in [-0.2, -0.15) is 0 Å². The van der Waals surface area contributed by atoms with E-state index >= 15 is 0 Å². The number of hydrogen-bond donors (Lipinski definition) is 0. The fourth-order valence-corrected chi connectivity index (χ4v) is 1.18. The predicted octanol–water partition coefficient (Wildman–Crippen LogP) is 6.44. The third-order valence-electron chi connectivity index (χ3n) is 3.42. The number of benzene rings is 1. The molecular weight excluding hydrogens is 272 g/mol. The highest BCUT2D eigenvalue weighted by Crippen LogP contribution is 2.25. The molecule has 0 radical (unpaired) electrons. The van der Waals surface area contributed by atoms with Crippen LogP contribution in [-0.2, 0) is 14.9 Å². The van der Waals surface area contributed by atoms with E-state index in [0.717, 1.165) is 0 Å². The van der Waals surface area contributed by atoms with Gasteiger partial charge in [0.05, 0.1) is 0 Å². The van der Waals surface area contributed by atoms with Crippen molar-refractivity contribution in [2.75, 3.05) is 14.2 Å². The van der Waals surface area contributed by atoms with Gasteiger partial charge < -0.3 is 9.47 Å². The smallest absolute Gasteiger partial charge is 0.161 e. The van der Waals surface area contributed by atoms with Crippen LogP contribution in [0.4, 0.5) is 0 Å². The molecule has 1 aromatic carbocycles. The van der Waals surface area contributed by atoms with E-state index in [-0.39, 0.29) is 0 Å². The molecule has 132 valence electrons. The predicted molar refractivity (Wildman–Crippen MR) is 101 cm³/mol. The highest BCUT2D eigenvalue weighted by Gasteiger charge is 2.16. The zero-order chi connectivity index (χ0) is 18.2. The monoisotopic (exact) mass is 312 g/mol. The summed E-state index contributed by atoms with van der Waals surface area (Å²) >= 11 is 0. The Morgan fingerprint density at radius 3 is 1.36 bits per heavy atom. The molecule has 0 aliphatic carbocycles. The molecule has 0 bridgehead atoms. The molecule has 0 spiro atoms. The van der Waals surface area contributed by atoms with Gasteiger partial charge in [-0.15, -0.1) is 0 Å². The third kappa shape index (κ3) is 12.8. The molecule has 0 aliphatic heterocycles. The fraction of sp³-hybridized carbons (Fsp3) is 0.700. The molecule has 0 atom stereocenters. The van der Waals surface area contributed by atoms with E-state index in [4.69, 9.17) is 9.47 Å². The first kappa shape index (κ1) is 26.1. The lowest BCUT2D eigenvalue weighted by Crippen LogP contribution is -2.24. The summed E-state index contributed by atoms with van der Waals surface area (Å²) in [5.74, 6) is -0.417. The average Bonchev–Trinajstić information content (AvgIpc) is 2.60. The second kappa shape index (κ2) is 15.1. The van der Waals surface area contributed by atoms with Crippen LogP contribution in [-0.4, -0.2) is 20.0 Å². The van der Waals surface area contributed by atoms with Crippen LogP contribution in [0.25, 0.3) is 0 Å². The normalized spacial score (nSPS) is 10.1. The quantitative estimate of drug-likeness (QED) is 0.595. The summed E-state index contributed by atoms with van der Waals surface area (Å²) in [4.78, 5) is 0. The molecule has 0 aromatic heterocycles. The minimum atomic E-state index is -0.417. The maximum Gasteiger partial charge on any atom is 0.161 e. The molecule has 1 rings (SSSR count). The lowest BCUT2D eigenvalue weighted by atomic mass is 9.82. The first-order chi connectivity index (χ1) is 10.3. The summed E-state index contributed by atoms with van der Waals surface area (Å²) in [5.41, 5.74) is 1.77. The molecule has 1 aromatic rings. The second-order valence-electron chi connectivity index (χ2n) is 5.41. The van der Waals surface area contributed by atoms with E-state index in [2.05, 4.69) is 51.1 Å². The number of hydrogen-bond acceptors (Lipinski definition) is 2. The third-order valence-corrected chi connectivity index (χ3v) is 3.42. The van der Waals surface area contributed by atoms with Gasteiger partial charge in [0, 0.05) is 14.2 Å². The van der Waals surface area contributed by atoms with Crippen molar-refractivity contribution in [3.8, 4) is 0 Å². The van der Waals surface area contributed by atoms with Gasteiger partial charge in [0.25, 0.3) is 0 Å². The topological polar surface area (TPSA) is 18.5 Å². The van der Waals surface area contributed by atoms with Gasteiger partial charge >= 0.3 is 0 Å². The summed E-state index contributed by atoms with van der Waals surface area (Å²) in [7, 11) is 3.23. The Balaban J connectivity index is -0.000000285. The first-order valence-corrected chi connectivity index (χ1v) is 8.45. The minimum absolute atomic E-state index is 0.335. The molecule has 2 heteroatoms. The number of rotatable bonds is 4. The lowest BCUT2D eigenvalue weighted by Gasteiger charge is -2.22. The van der Waals surface area contributed by atoms with Gasteiger partial charge in [-0.1, -0.05) is 78.8 Å². The zero-order valence-electron chi connectivity index (χ0n) is 16.9. The van der Waals surface area contributed by atoms with Gasteiger partial charge in [-0.25, -0.2) is 0 Å². The van der Waals surface area contributed by atoms with Crippen molar-refractivity contribution >= 4 is 0 Å². The maximum atomic E-state index is 4.86. The molecule has 0 amide bonds. The van der Waals surface area contributed by atoms with E-state index in [1.165, 1.54) is 12.0 Å². The van der Waals surface area contributed by atoms with E-state index in [0.29, 0.717) is 5.41 Å². The molecule has 0 heterocycles. The summed E-state index contributed by atoms with van der Waals surface area (Å²) in [6.45, 7) is 18.5. The van der Waals surface area contributed by atoms with E-state index in [9.17, 15) is 0 Å². The molecule has 2 nitrogen and oxygen atoms in total. The summed E-state index contributed by atoms with van der Waals surface area (Å²) in [6, 6.07) is 10.7. The maximum absolute atomic E-state index is 4.86. The molecule has 22 heavy (non-hydrogen) atoms. The van der Waals surface area contributed by atoms with Gasteiger partial charge in [-0.05, 0) is 31.2 Å². The molecule has 0 aliphatic rings. The van der Waals surface area contributed by atoms with Crippen molar-refractivity contribution < 1.29 is 9.47 Å². The van der Waals surface area contributed by atoms with Crippen molar-refractivity contribution in [2.45, 2.75) is 79.9 Å². The fourth-order valence-electron chi connectivity index (χ4n) is 1.18. The Hall–Kier alpha value is -0.860. The second-order valence-corrected chi connectivity index (χ2v) is 5.41. The van der Waals surface area contributed by atoms with Crippen molar-refractivity contribution in [2.24, 2.45) is 0 Å². The molecular formula is C20H40O2. The number of ether oxygens (including phenoxy) is 2. The average molecular weight is 313 g/mol. The molecule has 0 fully saturated rings. The minimum Gasteiger partial charge on any atom is -0.354 e. The van der Waals surface area contributed by atoms with Crippen molar-refractivity contribution in [1.29, 1.82) is 0 Å². The van der Waals surface area contributed by atoms with Crippen LogP contribution in [0.1, 0.15) is 74.3 Å². The largest absolute Gasteiger partial charge is 0.354 e. The Labute approximate surface area is 140 Å². The van der Waals surface area contributed by atoms with E-state index < -0.39 is 5.79 Å². The van der Waals surface area contributed by atoms with E-state index in [1.54, 1.807) is 14.2 Å². The van der Waals surface area contributed by atoms with Crippen molar-refractivity contribution in [1.82, 2.24) is 0 Å². The molecule has 0 N–H and O–H groups in total. The van der Waals surface area contributed by atoms with Gasteiger partial charge in [0.15, 0.2) is 5.79 Å². The van der Waals surface area contributed by atoms with Crippen LogP contribution in [0.2, 0.25) is 0 Å².